The lowest BCUT2D eigenvalue weighted by Gasteiger charge is -2.16. The van der Waals surface area contributed by atoms with Crippen LogP contribution in [-0.2, 0) is 10.0 Å². The molecule has 0 aromatic heterocycles. The van der Waals surface area contributed by atoms with Crippen molar-refractivity contribution in [3.8, 4) is 5.75 Å². The van der Waals surface area contributed by atoms with Crippen molar-refractivity contribution < 1.29 is 22.3 Å². The molecule has 1 fully saturated rings. The predicted octanol–water partition coefficient (Wildman–Crippen LogP) is 3.07. The first-order chi connectivity index (χ1) is 13.4. The van der Waals surface area contributed by atoms with Crippen LogP contribution in [0.15, 0.2) is 47.4 Å². The largest absolute Gasteiger partial charge is 0.492 e. The highest BCUT2D eigenvalue weighted by Gasteiger charge is 2.28. The molecule has 0 saturated carbocycles. The Hall–Kier alpha value is -2.16. The quantitative estimate of drug-likeness (QED) is 0.690. The molecular formula is C19H20ClFN2O4S. The molecule has 1 amide bonds. The Morgan fingerprint density at radius 2 is 1.82 bits per heavy atom. The molecule has 1 heterocycles. The molecule has 0 radical (unpaired) electrons. The Morgan fingerprint density at radius 3 is 2.50 bits per heavy atom. The summed E-state index contributed by atoms with van der Waals surface area (Å²) < 4.78 is 45.0. The molecule has 0 aliphatic carbocycles. The number of carbonyl (C=O) groups is 1. The van der Waals surface area contributed by atoms with Crippen molar-refractivity contribution in [3.63, 3.8) is 0 Å². The number of nitrogens with one attached hydrogen (secondary N) is 1. The molecule has 9 heteroatoms. The topological polar surface area (TPSA) is 75.7 Å². The maximum Gasteiger partial charge on any atom is 0.252 e. The number of benzene rings is 2. The molecule has 3 rings (SSSR count). The normalized spacial score (nSPS) is 14.8. The van der Waals surface area contributed by atoms with Crippen molar-refractivity contribution in [3.05, 3.63) is 58.9 Å². The fraction of sp³-hybridized carbons (Fsp3) is 0.316. The molecule has 150 valence electrons. The summed E-state index contributed by atoms with van der Waals surface area (Å²) in [4.78, 5) is 12.5. The number of nitrogens with zero attached hydrogens (tertiary/aromatic N) is 1. The van der Waals surface area contributed by atoms with Gasteiger partial charge in [0.25, 0.3) is 5.91 Å². The summed E-state index contributed by atoms with van der Waals surface area (Å²) in [6, 6.07) is 9.65. The zero-order chi connectivity index (χ0) is 20.1. The van der Waals surface area contributed by atoms with E-state index in [1.807, 2.05) is 0 Å². The maximum absolute atomic E-state index is 12.9. The monoisotopic (exact) mass is 426 g/mol. The first-order valence-corrected chi connectivity index (χ1v) is 10.7. The number of halogens is 2. The maximum atomic E-state index is 12.9. The highest BCUT2D eigenvalue weighted by atomic mass is 35.5. The lowest BCUT2D eigenvalue weighted by Crippen LogP contribution is -2.30. The minimum Gasteiger partial charge on any atom is -0.492 e. The fourth-order valence-corrected chi connectivity index (χ4v) is 4.62. The average molecular weight is 427 g/mol. The summed E-state index contributed by atoms with van der Waals surface area (Å²) in [5.74, 6) is -0.377. The van der Waals surface area contributed by atoms with Gasteiger partial charge in [-0.3, -0.25) is 4.79 Å². The molecular weight excluding hydrogens is 407 g/mol. The van der Waals surface area contributed by atoms with Crippen LogP contribution in [0.1, 0.15) is 23.2 Å². The van der Waals surface area contributed by atoms with Crippen LogP contribution in [0.25, 0.3) is 0 Å². The molecule has 1 aliphatic heterocycles. The van der Waals surface area contributed by atoms with E-state index in [1.165, 1.54) is 46.8 Å². The van der Waals surface area contributed by atoms with Crippen molar-refractivity contribution in [2.24, 2.45) is 0 Å². The van der Waals surface area contributed by atoms with Gasteiger partial charge in [-0.15, -0.1) is 0 Å². The molecule has 0 bridgehead atoms. The minimum absolute atomic E-state index is 0.0477. The van der Waals surface area contributed by atoms with E-state index in [4.69, 9.17) is 16.3 Å². The van der Waals surface area contributed by atoms with Crippen molar-refractivity contribution in [1.29, 1.82) is 0 Å². The van der Waals surface area contributed by atoms with Gasteiger partial charge in [0, 0.05) is 13.1 Å². The van der Waals surface area contributed by atoms with E-state index < -0.39 is 15.9 Å². The second-order valence-corrected chi connectivity index (χ2v) is 8.66. The second kappa shape index (κ2) is 8.89. The molecule has 28 heavy (non-hydrogen) atoms. The summed E-state index contributed by atoms with van der Waals surface area (Å²) in [7, 11) is -3.64. The smallest absolute Gasteiger partial charge is 0.252 e. The first kappa shape index (κ1) is 20.6. The van der Waals surface area contributed by atoms with Crippen LogP contribution in [0, 0.1) is 5.82 Å². The van der Waals surface area contributed by atoms with Gasteiger partial charge in [-0.05, 0) is 55.3 Å². The Morgan fingerprint density at radius 1 is 1.14 bits per heavy atom. The van der Waals surface area contributed by atoms with Gasteiger partial charge in [0.05, 0.1) is 22.0 Å². The molecule has 1 aliphatic rings. The van der Waals surface area contributed by atoms with Crippen LogP contribution < -0.4 is 10.1 Å². The minimum atomic E-state index is -3.64. The van der Waals surface area contributed by atoms with Gasteiger partial charge in [0.15, 0.2) is 0 Å². The molecule has 0 atom stereocenters. The van der Waals surface area contributed by atoms with E-state index in [-0.39, 0.29) is 34.5 Å². The zero-order valence-electron chi connectivity index (χ0n) is 15.0. The number of rotatable bonds is 7. The number of hydrogen-bond donors (Lipinski definition) is 1. The Kier molecular flexibility index (Phi) is 6.53. The first-order valence-electron chi connectivity index (χ1n) is 8.84. The zero-order valence-corrected chi connectivity index (χ0v) is 16.6. The highest BCUT2D eigenvalue weighted by molar-refractivity contribution is 7.89. The number of carbonyl (C=O) groups excluding carboxylic acids is 1. The predicted molar refractivity (Wildman–Crippen MR) is 104 cm³/mol. The van der Waals surface area contributed by atoms with Gasteiger partial charge in [0.1, 0.15) is 18.2 Å². The molecule has 1 N–H and O–H groups in total. The van der Waals surface area contributed by atoms with Gasteiger partial charge in [-0.1, -0.05) is 11.6 Å². The average Bonchev–Trinajstić information content (AvgIpc) is 3.22. The van der Waals surface area contributed by atoms with Gasteiger partial charge >= 0.3 is 0 Å². The van der Waals surface area contributed by atoms with Gasteiger partial charge in [-0.2, -0.15) is 4.31 Å². The second-order valence-electron chi connectivity index (χ2n) is 6.31. The highest BCUT2D eigenvalue weighted by Crippen LogP contribution is 2.25. The van der Waals surface area contributed by atoms with Gasteiger partial charge in [0.2, 0.25) is 10.0 Å². The molecule has 1 saturated heterocycles. The SMILES string of the molecule is O=C(NCCOc1ccc(F)cc1)c1cc(S(=O)(=O)N2CCCC2)ccc1Cl. The lowest BCUT2D eigenvalue weighted by molar-refractivity contribution is 0.0947. The van der Waals surface area contributed by atoms with Crippen LogP contribution in [0.3, 0.4) is 0 Å². The number of ether oxygens (including phenoxy) is 1. The van der Waals surface area contributed by atoms with E-state index in [1.54, 1.807) is 0 Å². The summed E-state index contributed by atoms with van der Waals surface area (Å²) in [5.41, 5.74) is 0.0868. The van der Waals surface area contributed by atoms with E-state index >= 15 is 0 Å². The van der Waals surface area contributed by atoms with Crippen LogP contribution in [-0.4, -0.2) is 44.9 Å². The lowest BCUT2D eigenvalue weighted by atomic mass is 10.2. The Labute approximate surface area is 168 Å². The number of amides is 1. The molecule has 0 unspecified atom stereocenters. The van der Waals surface area contributed by atoms with Crippen molar-refractivity contribution in [2.45, 2.75) is 17.7 Å². The van der Waals surface area contributed by atoms with Gasteiger partial charge in [-0.25, -0.2) is 12.8 Å². The van der Waals surface area contributed by atoms with Crippen LogP contribution in [0.5, 0.6) is 5.75 Å². The summed E-state index contributed by atoms with van der Waals surface area (Å²) in [5, 5.41) is 2.80. The number of hydrogen-bond acceptors (Lipinski definition) is 4. The summed E-state index contributed by atoms with van der Waals surface area (Å²) in [6.07, 6.45) is 1.66. The van der Waals surface area contributed by atoms with E-state index in [9.17, 15) is 17.6 Å². The van der Waals surface area contributed by atoms with Crippen LogP contribution in [0.4, 0.5) is 4.39 Å². The van der Waals surface area contributed by atoms with Crippen molar-refractivity contribution in [1.82, 2.24) is 9.62 Å². The third kappa shape index (κ3) is 4.81. The standard InChI is InChI=1S/C19H20ClFN2O4S/c20-18-8-7-16(28(25,26)23-10-1-2-11-23)13-17(18)19(24)22-9-12-27-15-5-3-14(21)4-6-15/h3-8,13H,1-2,9-12H2,(H,22,24). The molecule has 6 nitrogen and oxygen atoms in total. The van der Waals surface area contributed by atoms with E-state index in [2.05, 4.69) is 5.32 Å². The number of sulfonamides is 1. The molecule has 2 aromatic rings. The Balaban J connectivity index is 1.62. The van der Waals surface area contributed by atoms with E-state index in [0.29, 0.717) is 18.8 Å². The third-order valence-electron chi connectivity index (χ3n) is 4.36. The van der Waals surface area contributed by atoms with Crippen LogP contribution in [0.2, 0.25) is 5.02 Å². The summed E-state index contributed by atoms with van der Waals surface area (Å²) >= 11 is 6.09. The Bertz CT molecular complexity index is 945. The summed E-state index contributed by atoms with van der Waals surface area (Å²) in [6.45, 7) is 1.30. The molecule has 0 spiro atoms. The van der Waals surface area contributed by atoms with E-state index in [0.717, 1.165) is 12.8 Å². The van der Waals surface area contributed by atoms with Crippen molar-refractivity contribution >= 4 is 27.5 Å². The van der Waals surface area contributed by atoms with Crippen LogP contribution >= 0.6 is 11.6 Å². The van der Waals surface area contributed by atoms with Crippen molar-refractivity contribution in [2.75, 3.05) is 26.2 Å². The molecule has 2 aromatic carbocycles. The van der Waals surface area contributed by atoms with Gasteiger partial charge < -0.3 is 10.1 Å². The third-order valence-corrected chi connectivity index (χ3v) is 6.58. The fourth-order valence-electron chi connectivity index (χ4n) is 2.88.